The molecule has 2 amide bonds. The van der Waals surface area contributed by atoms with Crippen LogP contribution in [0.3, 0.4) is 0 Å². The van der Waals surface area contributed by atoms with Gasteiger partial charge in [0.15, 0.2) is 28.4 Å². The monoisotopic (exact) mass is 785 g/mol. The molecule has 1 unspecified atom stereocenters. The molecule has 0 aliphatic carbocycles. The van der Waals surface area contributed by atoms with Crippen molar-refractivity contribution in [2.24, 2.45) is 10.7 Å². The van der Waals surface area contributed by atoms with Gasteiger partial charge in [0, 0.05) is 26.1 Å². The summed E-state index contributed by atoms with van der Waals surface area (Å²) in [5.74, 6) is -0.892. The lowest BCUT2D eigenvalue weighted by Gasteiger charge is -2.23. The second kappa shape index (κ2) is 23.8. The first-order chi connectivity index (χ1) is 27.1. The Balaban J connectivity index is 1.13. The number of nitrogen functional groups attached to an aromatic ring is 2. The molecule has 14 heteroatoms. The van der Waals surface area contributed by atoms with E-state index >= 15 is 0 Å². The smallest absolute Gasteiger partial charge is 0.280 e. The van der Waals surface area contributed by atoms with Crippen LogP contribution in [0.15, 0.2) is 83.9 Å². The highest BCUT2D eigenvalue weighted by Gasteiger charge is 2.17. The van der Waals surface area contributed by atoms with Gasteiger partial charge in [-0.3, -0.25) is 19.9 Å². The quantitative estimate of drug-likeness (QED) is 0.0317. The number of carbonyl (C=O) groups excluding carboxylic acids is 2. The van der Waals surface area contributed by atoms with Crippen molar-refractivity contribution in [3.8, 4) is 11.1 Å². The van der Waals surface area contributed by atoms with E-state index in [1.807, 2.05) is 6.07 Å². The van der Waals surface area contributed by atoms with E-state index in [0.29, 0.717) is 32.4 Å². The number of rotatable bonds is 23. The van der Waals surface area contributed by atoms with Gasteiger partial charge < -0.3 is 37.6 Å². The molecule has 56 heavy (non-hydrogen) atoms. The fourth-order valence-corrected chi connectivity index (χ4v) is 6.31. The summed E-state index contributed by atoms with van der Waals surface area (Å²) < 4.78 is 0. The molecule has 1 aromatic heterocycles. The van der Waals surface area contributed by atoms with Crippen molar-refractivity contribution < 1.29 is 19.8 Å². The Hall–Kier alpha value is -5.08. The zero-order valence-electron chi connectivity index (χ0n) is 32.0. The Morgan fingerprint density at radius 3 is 2.07 bits per heavy atom. The maximum atomic E-state index is 12.7. The average Bonchev–Trinajstić information content (AvgIpc) is 3.20. The van der Waals surface area contributed by atoms with Gasteiger partial charge in [0.2, 0.25) is 5.91 Å². The third-order valence-corrected chi connectivity index (χ3v) is 9.68. The number of benzene rings is 3. The van der Waals surface area contributed by atoms with Gasteiger partial charge in [-0.05, 0) is 98.7 Å². The van der Waals surface area contributed by atoms with Crippen molar-refractivity contribution in [2.45, 2.75) is 70.3 Å². The van der Waals surface area contributed by atoms with Gasteiger partial charge in [0.1, 0.15) is 0 Å². The molecule has 0 spiro atoms. The Morgan fingerprint density at radius 2 is 1.39 bits per heavy atom. The molecule has 4 rings (SSSR count). The molecule has 0 aliphatic rings. The minimum atomic E-state index is -0.669. The normalized spacial score (nSPS) is 12.1. The standard InChI is InChI=1S/C42H56ClN9O4/c43-38-40(45)50-39(44)37(49-38)41(56)51-42(46)48-24-6-4-11-31-14-19-33(20-15-31)34-21-16-32(17-22-34)18-23-36(55)47-25-28-52(26-7-5-13-35(54)29-53)27-8-12-30-9-2-1-3-10-30/h1-3,9-10,14-17,19-22,35,53-54H,4-8,11-13,18,23-29H2,(H,47,55)(H4,44,45,50)(H3,46,48,51,56). The van der Waals surface area contributed by atoms with E-state index in [9.17, 15) is 14.7 Å². The van der Waals surface area contributed by atoms with Gasteiger partial charge in [-0.25, -0.2) is 9.97 Å². The highest BCUT2D eigenvalue weighted by Crippen LogP contribution is 2.22. The van der Waals surface area contributed by atoms with Crippen molar-refractivity contribution in [3.05, 3.63) is 106 Å². The summed E-state index contributed by atoms with van der Waals surface area (Å²) in [6.07, 6.45) is 7.42. The fraction of sp³-hybridized carbons (Fsp3) is 0.405. The summed E-state index contributed by atoms with van der Waals surface area (Å²) in [5, 5.41) is 24.2. The van der Waals surface area contributed by atoms with Crippen LogP contribution in [-0.4, -0.2) is 88.3 Å². The Morgan fingerprint density at radius 1 is 0.768 bits per heavy atom. The SMILES string of the molecule is NC(=NCCCCc1ccc(-c2ccc(CCC(=O)NCCN(CCCCC(O)CO)CCCc3ccccc3)cc2)cc1)NC(=O)c1nc(Cl)c(N)nc1N. The lowest BCUT2D eigenvalue weighted by atomic mass is 9.99. The van der Waals surface area contributed by atoms with Crippen LogP contribution in [0, 0.1) is 0 Å². The third-order valence-electron chi connectivity index (χ3n) is 9.40. The largest absolute Gasteiger partial charge is 0.394 e. The molecule has 300 valence electrons. The number of guanidine groups is 1. The van der Waals surface area contributed by atoms with E-state index in [0.717, 1.165) is 81.3 Å². The maximum absolute atomic E-state index is 12.7. The first-order valence-corrected chi connectivity index (χ1v) is 19.7. The van der Waals surface area contributed by atoms with Crippen LogP contribution in [0.25, 0.3) is 11.1 Å². The van der Waals surface area contributed by atoms with Crippen molar-refractivity contribution in [2.75, 3.05) is 50.8 Å². The molecule has 0 saturated carbocycles. The molecule has 0 aliphatic heterocycles. The summed E-state index contributed by atoms with van der Waals surface area (Å²) in [4.78, 5) is 39.3. The van der Waals surface area contributed by atoms with Crippen LogP contribution < -0.4 is 27.8 Å². The molecule has 0 fully saturated rings. The predicted octanol–water partition coefficient (Wildman–Crippen LogP) is 4.54. The number of aliphatic imine (C=N–C) groups is 1. The Kier molecular flexibility index (Phi) is 18.5. The van der Waals surface area contributed by atoms with Gasteiger partial charge in [-0.2, -0.15) is 0 Å². The number of hydrogen-bond acceptors (Lipinski definition) is 10. The maximum Gasteiger partial charge on any atom is 0.280 e. The number of aryl methyl sites for hydroxylation is 3. The van der Waals surface area contributed by atoms with Gasteiger partial charge in [-0.15, -0.1) is 0 Å². The number of anilines is 2. The Bertz CT molecular complexity index is 1830. The number of amides is 2. The van der Waals surface area contributed by atoms with Crippen LogP contribution in [0.1, 0.15) is 72.1 Å². The van der Waals surface area contributed by atoms with Crippen LogP contribution in [0.2, 0.25) is 5.15 Å². The highest BCUT2D eigenvalue weighted by molar-refractivity contribution is 6.31. The molecular formula is C42H56ClN9O4. The number of halogens is 1. The lowest BCUT2D eigenvalue weighted by molar-refractivity contribution is -0.121. The molecule has 1 heterocycles. The van der Waals surface area contributed by atoms with Gasteiger partial charge in [-0.1, -0.05) is 90.5 Å². The number of aliphatic hydroxyl groups excluding tert-OH is 2. The topological polar surface area (TPSA) is 218 Å². The van der Waals surface area contributed by atoms with Crippen molar-refractivity contribution in [1.29, 1.82) is 0 Å². The second-order valence-corrected chi connectivity index (χ2v) is 14.2. The Labute approximate surface area is 334 Å². The van der Waals surface area contributed by atoms with E-state index in [4.69, 9.17) is 33.9 Å². The minimum Gasteiger partial charge on any atom is -0.394 e. The van der Waals surface area contributed by atoms with Crippen molar-refractivity contribution >= 4 is 41.0 Å². The summed E-state index contributed by atoms with van der Waals surface area (Å²) in [6.45, 7) is 3.44. The van der Waals surface area contributed by atoms with Gasteiger partial charge in [0.25, 0.3) is 5.91 Å². The molecule has 0 bridgehead atoms. The van der Waals surface area contributed by atoms with Crippen LogP contribution >= 0.6 is 11.6 Å². The zero-order chi connectivity index (χ0) is 40.1. The van der Waals surface area contributed by atoms with Crippen molar-refractivity contribution in [3.63, 3.8) is 0 Å². The van der Waals surface area contributed by atoms with E-state index in [1.54, 1.807) is 0 Å². The molecule has 4 aromatic rings. The second-order valence-electron chi connectivity index (χ2n) is 13.8. The number of aromatic nitrogens is 2. The van der Waals surface area contributed by atoms with Crippen LogP contribution in [-0.2, 0) is 24.1 Å². The average molecular weight is 786 g/mol. The van der Waals surface area contributed by atoms with Crippen LogP contribution in [0.4, 0.5) is 11.6 Å². The molecular weight excluding hydrogens is 730 g/mol. The number of hydrogen-bond donors (Lipinski definition) is 7. The zero-order valence-corrected chi connectivity index (χ0v) is 32.8. The highest BCUT2D eigenvalue weighted by atomic mass is 35.5. The summed E-state index contributed by atoms with van der Waals surface area (Å²) in [6, 6.07) is 27.3. The molecule has 3 aromatic carbocycles. The summed E-state index contributed by atoms with van der Waals surface area (Å²) in [5.41, 5.74) is 22.8. The third kappa shape index (κ3) is 15.6. The van der Waals surface area contributed by atoms with Gasteiger partial charge in [0.05, 0.1) is 12.7 Å². The number of carbonyl (C=O) groups is 2. The number of nitrogens with one attached hydrogen (secondary N) is 2. The number of nitrogens with zero attached hydrogens (tertiary/aromatic N) is 4. The fourth-order valence-electron chi connectivity index (χ4n) is 6.19. The minimum absolute atomic E-state index is 0.0445. The van der Waals surface area contributed by atoms with Crippen molar-refractivity contribution in [1.82, 2.24) is 25.5 Å². The van der Waals surface area contributed by atoms with E-state index in [1.165, 1.54) is 11.1 Å². The number of unbranched alkanes of at least 4 members (excludes halogenated alkanes) is 2. The number of aliphatic hydroxyl groups is 2. The van der Waals surface area contributed by atoms with E-state index in [2.05, 4.69) is 103 Å². The number of nitrogens with two attached hydrogens (primary N) is 3. The van der Waals surface area contributed by atoms with E-state index in [-0.39, 0.29) is 41.0 Å². The van der Waals surface area contributed by atoms with Crippen LogP contribution in [0.5, 0.6) is 0 Å². The lowest BCUT2D eigenvalue weighted by Crippen LogP contribution is -2.38. The molecule has 10 N–H and O–H groups in total. The van der Waals surface area contributed by atoms with Gasteiger partial charge >= 0.3 is 0 Å². The molecule has 0 radical (unpaired) electrons. The molecule has 13 nitrogen and oxygen atoms in total. The molecule has 0 saturated heterocycles. The summed E-state index contributed by atoms with van der Waals surface area (Å²) >= 11 is 5.84. The summed E-state index contributed by atoms with van der Waals surface area (Å²) in [7, 11) is 0. The first-order valence-electron chi connectivity index (χ1n) is 19.3. The van der Waals surface area contributed by atoms with E-state index < -0.39 is 12.0 Å². The predicted molar refractivity (Wildman–Crippen MR) is 224 cm³/mol. The molecule has 1 atom stereocenters. The first kappa shape index (κ1) is 43.6.